The molecule has 114 valence electrons. The van der Waals surface area contributed by atoms with Crippen molar-refractivity contribution in [2.75, 3.05) is 12.4 Å². The van der Waals surface area contributed by atoms with Gasteiger partial charge in [0, 0.05) is 5.56 Å². The number of rotatable bonds is 4. The fourth-order valence-electron chi connectivity index (χ4n) is 2.19. The SMILES string of the molecule is COc1ccc(C)cc1NC(=O)c1cccc(C)c1[N+](=O)[O-]. The van der Waals surface area contributed by atoms with Crippen LogP contribution in [0.15, 0.2) is 36.4 Å². The van der Waals surface area contributed by atoms with Crippen molar-refractivity contribution >= 4 is 17.3 Å². The van der Waals surface area contributed by atoms with Crippen LogP contribution in [0.25, 0.3) is 0 Å². The summed E-state index contributed by atoms with van der Waals surface area (Å²) in [5.74, 6) is -0.0476. The summed E-state index contributed by atoms with van der Waals surface area (Å²) >= 11 is 0. The van der Waals surface area contributed by atoms with Gasteiger partial charge in [0.1, 0.15) is 11.3 Å². The van der Waals surface area contributed by atoms with E-state index in [4.69, 9.17) is 4.74 Å². The number of para-hydroxylation sites is 1. The van der Waals surface area contributed by atoms with Crippen LogP contribution in [0, 0.1) is 24.0 Å². The van der Waals surface area contributed by atoms with Gasteiger partial charge in [-0.15, -0.1) is 0 Å². The van der Waals surface area contributed by atoms with Gasteiger partial charge in [-0.3, -0.25) is 14.9 Å². The lowest BCUT2D eigenvalue weighted by Crippen LogP contribution is -2.15. The highest BCUT2D eigenvalue weighted by Gasteiger charge is 2.23. The molecule has 2 aromatic carbocycles. The summed E-state index contributed by atoms with van der Waals surface area (Å²) in [6, 6.07) is 9.98. The quantitative estimate of drug-likeness (QED) is 0.692. The number of benzene rings is 2. The Labute approximate surface area is 127 Å². The van der Waals surface area contributed by atoms with Crippen molar-refractivity contribution < 1.29 is 14.5 Å². The molecule has 0 spiro atoms. The third-order valence-electron chi connectivity index (χ3n) is 3.27. The third-order valence-corrected chi connectivity index (χ3v) is 3.27. The van der Waals surface area contributed by atoms with E-state index in [1.807, 2.05) is 13.0 Å². The zero-order chi connectivity index (χ0) is 16.3. The predicted molar refractivity (Wildman–Crippen MR) is 83.5 cm³/mol. The van der Waals surface area contributed by atoms with Crippen molar-refractivity contribution in [3.05, 3.63) is 63.2 Å². The molecule has 22 heavy (non-hydrogen) atoms. The van der Waals surface area contributed by atoms with E-state index in [-0.39, 0.29) is 11.3 Å². The Balaban J connectivity index is 2.41. The van der Waals surface area contributed by atoms with Gasteiger partial charge in [-0.25, -0.2) is 0 Å². The molecule has 0 saturated heterocycles. The van der Waals surface area contributed by atoms with E-state index in [0.717, 1.165) is 5.56 Å². The molecule has 2 aromatic rings. The molecule has 1 N–H and O–H groups in total. The molecule has 1 amide bonds. The van der Waals surface area contributed by atoms with Gasteiger partial charge in [0.2, 0.25) is 0 Å². The number of carbonyl (C=O) groups is 1. The third kappa shape index (κ3) is 3.06. The number of nitro benzene ring substituents is 1. The maximum atomic E-state index is 12.4. The van der Waals surface area contributed by atoms with E-state index in [2.05, 4.69) is 5.32 Å². The smallest absolute Gasteiger partial charge is 0.285 e. The Kier molecular flexibility index (Phi) is 4.41. The van der Waals surface area contributed by atoms with Gasteiger partial charge in [-0.05, 0) is 37.6 Å². The van der Waals surface area contributed by atoms with Crippen LogP contribution in [0.4, 0.5) is 11.4 Å². The molecule has 0 aliphatic rings. The Morgan fingerprint density at radius 1 is 1.23 bits per heavy atom. The molecule has 0 atom stereocenters. The number of aryl methyl sites for hydroxylation is 2. The van der Waals surface area contributed by atoms with Crippen molar-refractivity contribution in [2.45, 2.75) is 13.8 Å². The minimum atomic E-state index is -0.544. The summed E-state index contributed by atoms with van der Waals surface area (Å²) in [7, 11) is 1.50. The van der Waals surface area contributed by atoms with E-state index < -0.39 is 10.8 Å². The molecule has 0 fully saturated rings. The molecule has 0 aliphatic heterocycles. The van der Waals surface area contributed by atoms with Crippen molar-refractivity contribution in [3.8, 4) is 5.75 Å². The molecule has 0 heterocycles. The minimum Gasteiger partial charge on any atom is -0.495 e. The first-order valence-corrected chi connectivity index (χ1v) is 6.64. The highest BCUT2D eigenvalue weighted by Crippen LogP contribution is 2.28. The van der Waals surface area contributed by atoms with Gasteiger partial charge >= 0.3 is 0 Å². The van der Waals surface area contributed by atoms with Crippen molar-refractivity contribution in [1.82, 2.24) is 0 Å². The van der Waals surface area contributed by atoms with E-state index in [9.17, 15) is 14.9 Å². The molecule has 6 heteroatoms. The molecule has 0 radical (unpaired) electrons. The molecular formula is C16H16N2O4. The Morgan fingerprint density at radius 3 is 2.59 bits per heavy atom. The fraction of sp³-hybridized carbons (Fsp3) is 0.188. The first kappa shape index (κ1) is 15.5. The highest BCUT2D eigenvalue weighted by molar-refractivity contribution is 6.08. The number of carbonyl (C=O) groups excluding carboxylic acids is 1. The van der Waals surface area contributed by atoms with Crippen LogP contribution >= 0.6 is 0 Å². The average molecular weight is 300 g/mol. The lowest BCUT2D eigenvalue weighted by Gasteiger charge is -2.11. The summed E-state index contributed by atoms with van der Waals surface area (Å²) in [5, 5.41) is 13.9. The normalized spacial score (nSPS) is 10.1. The van der Waals surface area contributed by atoms with E-state index in [0.29, 0.717) is 17.0 Å². The van der Waals surface area contributed by atoms with Gasteiger partial charge in [-0.2, -0.15) is 0 Å². The minimum absolute atomic E-state index is 0.0218. The molecule has 2 rings (SSSR count). The standard InChI is InChI=1S/C16H16N2O4/c1-10-7-8-14(22-3)13(9-10)17-16(19)12-6-4-5-11(2)15(12)18(20)21/h4-9H,1-3H3,(H,17,19). The van der Waals surface area contributed by atoms with Crippen LogP contribution in [0.1, 0.15) is 21.5 Å². The zero-order valence-corrected chi connectivity index (χ0v) is 12.5. The van der Waals surface area contributed by atoms with Gasteiger partial charge in [0.25, 0.3) is 11.6 Å². The molecule has 0 aromatic heterocycles. The summed E-state index contributed by atoms with van der Waals surface area (Å²) in [6.07, 6.45) is 0. The largest absolute Gasteiger partial charge is 0.495 e. The first-order valence-electron chi connectivity index (χ1n) is 6.64. The topological polar surface area (TPSA) is 81.5 Å². The second-order valence-corrected chi connectivity index (χ2v) is 4.89. The number of methoxy groups -OCH3 is 1. The van der Waals surface area contributed by atoms with Crippen molar-refractivity contribution in [3.63, 3.8) is 0 Å². The fourth-order valence-corrected chi connectivity index (χ4v) is 2.19. The maximum Gasteiger partial charge on any atom is 0.285 e. The number of hydrogen-bond donors (Lipinski definition) is 1. The van der Waals surface area contributed by atoms with Gasteiger partial charge < -0.3 is 10.1 Å². The number of hydrogen-bond acceptors (Lipinski definition) is 4. The maximum absolute atomic E-state index is 12.4. The predicted octanol–water partition coefficient (Wildman–Crippen LogP) is 3.47. The van der Waals surface area contributed by atoms with Crippen molar-refractivity contribution in [1.29, 1.82) is 0 Å². The summed E-state index contributed by atoms with van der Waals surface area (Å²) in [4.78, 5) is 23.0. The Hall–Kier alpha value is -2.89. The number of nitrogens with one attached hydrogen (secondary N) is 1. The van der Waals surface area contributed by atoms with E-state index in [1.54, 1.807) is 31.2 Å². The molecule has 0 unspecified atom stereocenters. The monoisotopic (exact) mass is 300 g/mol. The zero-order valence-electron chi connectivity index (χ0n) is 12.5. The summed E-state index contributed by atoms with van der Waals surface area (Å²) in [5.41, 5.74) is 1.69. The first-order chi connectivity index (χ1) is 10.4. The lowest BCUT2D eigenvalue weighted by atomic mass is 10.1. The van der Waals surface area contributed by atoms with Crippen LogP contribution in [-0.2, 0) is 0 Å². The van der Waals surface area contributed by atoms with E-state index >= 15 is 0 Å². The number of nitrogens with zero attached hydrogens (tertiary/aromatic N) is 1. The van der Waals surface area contributed by atoms with Crippen LogP contribution in [0.5, 0.6) is 5.75 Å². The molecule has 6 nitrogen and oxygen atoms in total. The lowest BCUT2D eigenvalue weighted by molar-refractivity contribution is -0.385. The van der Waals surface area contributed by atoms with Crippen LogP contribution in [-0.4, -0.2) is 17.9 Å². The van der Waals surface area contributed by atoms with Crippen LogP contribution in [0.2, 0.25) is 0 Å². The molecular weight excluding hydrogens is 284 g/mol. The van der Waals surface area contributed by atoms with Crippen molar-refractivity contribution in [2.24, 2.45) is 0 Å². The summed E-state index contributed by atoms with van der Waals surface area (Å²) < 4.78 is 5.19. The second kappa shape index (κ2) is 6.26. The summed E-state index contributed by atoms with van der Waals surface area (Å²) in [6.45, 7) is 3.48. The molecule has 0 aliphatic carbocycles. The number of ether oxygens (including phenoxy) is 1. The van der Waals surface area contributed by atoms with E-state index in [1.165, 1.54) is 13.2 Å². The van der Waals surface area contributed by atoms with Gasteiger partial charge in [0.05, 0.1) is 17.7 Å². The second-order valence-electron chi connectivity index (χ2n) is 4.89. The highest BCUT2D eigenvalue weighted by atomic mass is 16.6. The number of nitro groups is 1. The van der Waals surface area contributed by atoms with Crippen LogP contribution < -0.4 is 10.1 Å². The van der Waals surface area contributed by atoms with Crippen LogP contribution in [0.3, 0.4) is 0 Å². The number of amides is 1. The molecule has 0 saturated carbocycles. The Morgan fingerprint density at radius 2 is 1.95 bits per heavy atom. The average Bonchev–Trinajstić information content (AvgIpc) is 2.46. The van der Waals surface area contributed by atoms with Gasteiger partial charge in [-0.1, -0.05) is 18.2 Å². The molecule has 0 bridgehead atoms. The number of anilines is 1. The van der Waals surface area contributed by atoms with Gasteiger partial charge in [0.15, 0.2) is 0 Å². The Bertz CT molecular complexity index is 741.